The number of amides is 1. The zero-order chi connectivity index (χ0) is 24.9. The summed E-state index contributed by atoms with van der Waals surface area (Å²) in [5, 5.41) is 0. The Balaban J connectivity index is 1.70. The molecule has 3 aromatic rings. The van der Waals surface area contributed by atoms with Crippen LogP contribution >= 0.6 is 0 Å². The first-order valence-electron chi connectivity index (χ1n) is 10.8. The second-order valence-electron chi connectivity index (χ2n) is 7.68. The highest BCUT2D eigenvalue weighted by Crippen LogP contribution is 2.36. The van der Waals surface area contributed by atoms with E-state index in [1.54, 1.807) is 43.3 Å². The van der Waals surface area contributed by atoms with E-state index in [2.05, 4.69) is 0 Å². The van der Waals surface area contributed by atoms with Gasteiger partial charge in [-0.25, -0.2) is 9.59 Å². The summed E-state index contributed by atoms with van der Waals surface area (Å²) in [4.78, 5) is 39.3. The number of esters is 2. The average molecular weight is 469 g/mol. The van der Waals surface area contributed by atoms with Crippen LogP contribution in [0.2, 0.25) is 0 Å². The molecule has 0 saturated carbocycles. The lowest BCUT2D eigenvalue weighted by atomic mass is 10.0. The fourth-order valence-corrected chi connectivity index (χ4v) is 3.81. The van der Waals surface area contributed by atoms with Gasteiger partial charge in [0.25, 0.3) is 5.91 Å². The Hall–Kier alpha value is -4.65. The van der Waals surface area contributed by atoms with Crippen molar-refractivity contribution >= 4 is 29.6 Å². The van der Waals surface area contributed by atoms with Gasteiger partial charge < -0.3 is 14.2 Å². The molecular formula is C28H23NO6. The molecule has 0 radical (unpaired) electrons. The van der Waals surface area contributed by atoms with Gasteiger partial charge >= 0.3 is 11.9 Å². The smallest absolute Gasteiger partial charge is 0.340 e. The minimum atomic E-state index is -0.618. The van der Waals surface area contributed by atoms with Crippen LogP contribution in [0.5, 0.6) is 11.5 Å². The molecule has 0 aromatic heterocycles. The molecule has 1 amide bonds. The molecule has 0 spiro atoms. The third-order valence-electron chi connectivity index (χ3n) is 5.48. The van der Waals surface area contributed by atoms with E-state index >= 15 is 0 Å². The molecule has 7 nitrogen and oxygen atoms in total. The van der Waals surface area contributed by atoms with E-state index in [4.69, 9.17) is 14.2 Å². The molecule has 0 saturated heterocycles. The van der Waals surface area contributed by atoms with Crippen molar-refractivity contribution in [3.63, 3.8) is 0 Å². The molecule has 1 aliphatic heterocycles. The van der Waals surface area contributed by atoms with E-state index in [-0.39, 0.29) is 17.1 Å². The number of benzene rings is 3. The maximum atomic E-state index is 13.5. The van der Waals surface area contributed by atoms with Crippen LogP contribution in [-0.4, -0.2) is 32.1 Å². The highest BCUT2D eigenvalue weighted by atomic mass is 16.5. The van der Waals surface area contributed by atoms with Crippen LogP contribution in [0.25, 0.3) is 6.08 Å². The van der Waals surface area contributed by atoms with Crippen LogP contribution < -0.4 is 9.64 Å². The number of rotatable bonds is 6. The van der Waals surface area contributed by atoms with Gasteiger partial charge in [0.1, 0.15) is 11.5 Å². The summed E-state index contributed by atoms with van der Waals surface area (Å²) in [6.07, 6.45) is 1.64. The molecule has 1 heterocycles. The zero-order valence-corrected chi connectivity index (χ0v) is 19.5. The molecule has 4 rings (SSSR count). The summed E-state index contributed by atoms with van der Waals surface area (Å²) in [5.41, 5.74) is 2.33. The van der Waals surface area contributed by atoms with Crippen molar-refractivity contribution in [1.29, 1.82) is 0 Å². The molecule has 176 valence electrons. The number of carbonyl (C=O) groups is 3. The number of ether oxygens (including phenoxy) is 3. The molecular weight excluding hydrogens is 446 g/mol. The van der Waals surface area contributed by atoms with Gasteiger partial charge in [0, 0.05) is 11.4 Å². The molecule has 1 aliphatic rings. The van der Waals surface area contributed by atoms with Gasteiger partial charge in [0.2, 0.25) is 0 Å². The first-order valence-corrected chi connectivity index (χ1v) is 10.8. The first-order chi connectivity index (χ1) is 16.9. The molecule has 0 atom stereocenters. The summed E-state index contributed by atoms with van der Waals surface area (Å²) in [6.45, 7) is 1.67. The molecule has 0 unspecified atom stereocenters. The molecule has 35 heavy (non-hydrogen) atoms. The van der Waals surface area contributed by atoms with Crippen molar-refractivity contribution in [3.05, 3.63) is 107 Å². The van der Waals surface area contributed by atoms with Gasteiger partial charge in [-0.15, -0.1) is 0 Å². The van der Waals surface area contributed by atoms with Crippen molar-refractivity contribution in [3.8, 4) is 11.5 Å². The fraction of sp³-hybridized carbons (Fsp3) is 0.107. The van der Waals surface area contributed by atoms with Gasteiger partial charge in [-0.2, -0.15) is 0 Å². The van der Waals surface area contributed by atoms with Crippen molar-refractivity contribution in [1.82, 2.24) is 0 Å². The highest BCUT2D eigenvalue weighted by Gasteiger charge is 2.38. The summed E-state index contributed by atoms with van der Waals surface area (Å²) >= 11 is 0. The third-order valence-corrected chi connectivity index (χ3v) is 5.48. The van der Waals surface area contributed by atoms with Crippen LogP contribution in [0.3, 0.4) is 0 Å². The van der Waals surface area contributed by atoms with Crippen LogP contribution in [0.1, 0.15) is 22.8 Å². The number of hydrogen-bond donors (Lipinski definition) is 0. The standard InChI is InChI=1S/C28H23NO6/c1-18-25(28(32)34-3)24(26(30)29(18)21-14-12-20(13-15-21)27(31)33-2)17-19-8-7-11-23(16-19)35-22-9-5-4-6-10-22/h4-17H,1-3H3/b24-17-. The van der Waals surface area contributed by atoms with Crippen molar-refractivity contribution in [2.45, 2.75) is 6.92 Å². The minimum Gasteiger partial charge on any atom is -0.465 e. The number of anilines is 1. The lowest BCUT2D eigenvalue weighted by molar-refractivity contribution is -0.136. The Morgan fingerprint density at radius 3 is 2.11 bits per heavy atom. The summed E-state index contributed by atoms with van der Waals surface area (Å²) < 4.78 is 15.6. The normalized spacial score (nSPS) is 14.3. The van der Waals surface area contributed by atoms with E-state index in [9.17, 15) is 14.4 Å². The van der Waals surface area contributed by atoms with Crippen molar-refractivity contribution in [2.75, 3.05) is 19.1 Å². The maximum Gasteiger partial charge on any atom is 0.340 e. The number of carbonyl (C=O) groups excluding carboxylic acids is 3. The molecule has 3 aromatic carbocycles. The van der Waals surface area contributed by atoms with Crippen molar-refractivity contribution < 1.29 is 28.6 Å². The third kappa shape index (κ3) is 4.84. The Morgan fingerprint density at radius 1 is 0.800 bits per heavy atom. The van der Waals surface area contributed by atoms with Crippen LogP contribution in [-0.2, 0) is 19.1 Å². The Bertz CT molecular complexity index is 1340. The van der Waals surface area contributed by atoms with E-state index in [1.807, 2.05) is 48.5 Å². The second-order valence-corrected chi connectivity index (χ2v) is 7.68. The average Bonchev–Trinajstić information content (AvgIpc) is 3.13. The van der Waals surface area contributed by atoms with E-state index in [0.717, 1.165) is 0 Å². The largest absolute Gasteiger partial charge is 0.465 e. The SMILES string of the molecule is COC(=O)C1=C(C)N(c2ccc(C(=O)OC)cc2)C(=O)/C1=C\c1cccc(Oc2ccccc2)c1. The summed E-state index contributed by atoms with van der Waals surface area (Å²) in [5.74, 6) is -0.214. The van der Waals surface area contributed by atoms with E-state index < -0.39 is 11.9 Å². The van der Waals surface area contributed by atoms with Gasteiger partial charge in [-0.1, -0.05) is 30.3 Å². The lowest BCUT2D eigenvalue weighted by Crippen LogP contribution is -2.24. The van der Waals surface area contributed by atoms with Gasteiger partial charge in [0.05, 0.1) is 30.9 Å². The van der Waals surface area contributed by atoms with Crippen LogP contribution in [0.4, 0.5) is 5.69 Å². The molecule has 7 heteroatoms. The predicted octanol–water partition coefficient (Wildman–Crippen LogP) is 5.14. The first kappa shape index (κ1) is 23.5. The molecule has 0 fully saturated rings. The number of methoxy groups -OCH3 is 2. The number of nitrogens with zero attached hydrogens (tertiary/aromatic N) is 1. The quantitative estimate of drug-likeness (QED) is 0.367. The number of hydrogen-bond acceptors (Lipinski definition) is 6. The van der Waals surface area contributed by atoms with Gasteiger partial charge in [0.15, 0.2) is 0 Å². The highest BCUT2D eigenvalue weighted by molar-refractivity contribution is 6.23. The topological polar surface area (TPSA) is 82.1 Å². The zero-order valence-electron chi connectivity index (χ0n) is 19.5. The van der Waals surface area contributed by atoms with Crippen LogP contribution in [0, 0.1) is 0 Å². The van der Waals surface area contributed by atoms with Crippen molar-refractivity contribution in [2.24, 2.45) is 0 Å². The summed E-state index contributed by atoms with van der Waals surface area (Å²) in [7, 11) is 2.57. The van der Waals surface area contributed by atoms with Gasteiger partial charge in [-0.05, 0) is 67.1 Å². The number of allylic oxidation sites excluding steroid dienone is 1. The van der Waals surface area contributed by atoms with E-state index in [1.165, 1.54) is 19.1 Å². The predicted molar refractivity (Wildman–Crippen MR) is 131 cm³/mol. The lowest BCUT2D eigenvalue weighted by Gasteiger charge is -2.18. The summed E-state index contributed by atoms with van der Waals surface area (Å²) in [6, 6.07) is 22.9. The Kier molecular flexibility index (Phi) is 6.78. The molecule has 0 bridgehead atoms. The van der Waals surface area contributed by atoms with Crippen LogP contribution in [0.15, 0.2) is 95.7 Å². The number of para-hydroxylation sites is 1. The molecule has 0 aliphatic carbocycles. The Morgan fingerprint density at radius 2 is 1.46 bits per heavy atom. The minimum absolute atomic E-state index is 0.170. The van der Waals surface area contributed by atoms with Gasteiger partial charge in [-0.3, -0.25) is 9.69 Å². The second kappa shape index (κ2) is 10.1. The maximum absolute atomic E-state index is 13.5. The molecule has 0 N–H and O–H groups in total. The van der Waals surface area contributed by atoms with E-state index in [0.29, 0.717) is 34.0 Å². The Labute approximate surface area is 202 Å². The monoisotopic (exact) mass is 469 g/mol. The fourth-order valence-electron chi connectivity index (χ4n) is 3.81.